The lowest BCUT2D eigenvalue weighted by Crippen LogP contribution is -2.30. The standard InChI is InChI=1S/C18H18N2O3/c21-18(16-10-14-7-8-17(16)23-14)20-12-3-5-13(6-4-12)22-15-2-1-9-19-11-15/h1-6,9,11,14,16-17H,7-8,10H2,(H,20,21). The van der Waals surface area contributed by atoms with E-state index in [1.165, 1.54) is 0 Å². The van der Waals surface area contributed by atoms with Gasteiger partial charge in [0.1, 0.15) is 11.5 Å². The maximum absolute atomic E-state index is 12.3. The fourth-order valence-corrected chi connectivity index (χ4v) is 3.30. The molecule has 3 atom stereocenters. The Morgan fingerprint density at radius 3 is 2.70 bits per heavy atom. The molecule has 2 bridgehead atoms. The van der Waals surface area contributed by atoms with Crippen molar-refractivity contribution in [1.29, 1.82) is 0 Å². The van der Waals surface area contributed by atoms with Gasteiger partial charge < -0.3 is 14.8 Å². The highest BCUT2D eigenvalue weighted by atomic mass is 16.5. The van der Waals surface area contributed by atoms with Crippen LogP contribution in [-0.2, 0) is 9.53 Å². The monoisotopic (exact) mass is 310 g/mol. The number of rotatable bonds is 4. The fourth-order valence-electron chi connectivity index (χ4n) is 3.30. The molecule has 0 radical (unpaired) electrons. The Hall–Kier alpha value is -2.40. The van der Waals surface area contributed by atoms with Crippen molar-refractivity contribution in [1.82, 2.24) is 4.98 Å². The van der Waals surface area contributed by atoms with Crippen LogP contribution in [0.5, 0.6) is 11.5 Å². The number of ether oxygens (including phenoxy) is 2. The molecule has 2 aromatic rings. The number of fused-ring (bicyclic) bond motifs is 2. The number of hydrogen-bond donors (Lipinski definition) is 1. The number of anilines is 1. The molecule has 5 heteroatoms. The van der Waals surface area contributed by atoms with Crippen molar-refractivity contribution >= 4 is 11.6 Å². The van der Waals surface area contributed by atoms with Gasteiger partial charge in [-0.25, -0.2) is 0 Å². The molecule has 3 unspecified atom stereocenters. The normalized spacial score (nSPS) is 25.3. The third-order valence-electron chi connectivity index (χ3n) is 4.43. The number of amides is 1. The average molecular weight is 310 g/mol. The van der Waals surface area contributed by atoms with E-state index >= 15 is 0 Å². The lowest BCUT2D eigenvalue weighted by molar-refractivity contribution is -0.121. The zero-order chi connectivity index (χ0) is 15.6. The molecule has 23 heavy (non-hydrogen) atoms. The van der Waals surface area contributed by atoms with Gasteiger partial charge in [0.05, 0.1) is 24.3 Å². The fraction of sp³-hybridized carbons (Fsp3) is 0.333. The summed E-state index contributed by atoms with van der Waals surface area (Å²) >= 11 is 0. The Morgan fingerprint density at radius 1 is 1.17 bits per heavy atom. The van der Waals surface area contributed by atoms with E-state index in [4.69, 9.17) is 9.47 Å². The molecule has 2 fully saturated rings. The van der Waals surface area contributed by atoms with Gasteiger partial charge in [-0.3, -0.25) is 9.78 Å². The van der Waals surface area contributed by atoms with Crippen LogP contribution in [0.1, 0.15) is 19.3 Å². The van der Waals surface area contributed by atoms with Gasteiger partial charge in [-0.05, 0) is 55.7 Å². The SMILES string of the molecule is O=C(Nc1ccc(Oc2cccnc2)cc1)C1CC2CCC1O2. The van der Waals surface area contributed by atoms with Crippen molar-refractivity contribution in [3.05, 3.63) is 48.8 Å². The summed E-state index contributed by atoms with van der Waals surface area (Å²) in [5.74, 6) is 1.43. The highest BCUT2D eigenvalue weighted by Gasteiger charge is 2.44. The molecule has 1 N–H and O–H groups in total. The van der Waals surface area contributed by atoms with Crippen LogP contribution >= 0.6 is 0 Å². The Kier molecular flexibility index (Phi) is 3.71. The third-order valence-corrected chi connectivity index (χ3v) is 4.43. The lowest BCUT2D eigenvalue weighted by atomic mass is 9.88. The number of pyridine rings is 1. The topological polar surface area (TPSA) is 60.5 Å². The lowest BCUT2D eigenvalue weighted by Gasteiger charge is -2.18. The number of hydrogen-bond acceptors (Lipinski definition) is 4. The number of carbonyl (C=O) groups excluding carboxylic acids is 1. The van der Waals surface area contributed by atoms with E-state index in [1.54, 1.807) is 12.4 Å². The number of nitrogens with zero attached hydrogens (tertiary/aromatic N) is 1. The van der Waals surface area contributed by atoms with Crippen LogP contribution in [0.2, 0.25) is 0 Å². The molecule has 5 nitrogen and oxygen atoms in total. The minimum absolute atomic E-state index is 0.0138. The Bertz CT molecular complexity index is 687. The first-order valence-electron chi connectivity index (χ1n) is 7.92. The van der Waals surface area contributed by atoms with Crippen LogP contribution in [0.4, 0.5) is 5.69 Å². The van der Waals surface area contributed by atoms with Crippen LogP contribution < -0.4 is 10.1 Å². The number of carbonyl (C=O) groups is 1. The van der Waals surface area contributed by atoms with Gasteiger partial charge in [0.15, 0.2) is 0 Å². The van der Waals surface area contributed by atoms with E-state index < -0.39 is 0 Å². The van der Waals surface area contributed by atoms with Crippen LogP contribution in [-0.4, -0.2) is 23.1 Å². The van der Waals surface area contributed by atoms with Crippen LogP contribution in [0.25, 0.3) is 0 Å². The molecule has 2 aliphatic heterocycles. The zero-order valence-corrected chi connectivity index (χ0v) is 12.6. The van der Waals surface area contributed by atoms with Crippen molar-refractivity contribution < 1.29 is 14.3 Å². The number of aromatic nitrogens is 1. The van der Waals surface area contributed by atoms with Crippen LogP contribution in [0.15, 0.2) is 48.8 Å². The van der Waals surface area contributed by atoms with E-state index in [0.717, 1.165) is 24.9 Å². The van der Waals surface area contributed by atoms with E-state index in [-0.39, 0.29) is 24.0 Å². The molecule has 1 amide bonds. The second-order valence-electron chi connectivity index (χ2n) is 6.02. The van der Waals surface area contributed by atoms with Crippen molar-refractivity contribution in [2.24, 2.45) is 5.92 Å². The average Bonchev–Trinajstić information content (AvgIpc) is 3.21. The Balaban J connectivity index is 1.37. The summed E-state index contributed by atoms with van der Waals surface area (Å²) in [5.41, 5.74) is 0.774. The van der Waals surface area contributed by atoms with Crippen molar-refractivity contribution in [2.75, 3.05) is 5.32 Å². The van der Waals surface area contributed by atoms with Gasteiger partial charge >= 0.3 is 0 Å². The first kappa shape index (κ1) is 14.2. The molecular weight excluding hydrogens is 292 g/mol. The molecule has 3 heterocycles. The summed E-state index contributed by atoms with van der Waals surface area (Å²) < 4.78 is 11.4. The van der Waals surface area contributed by atoms with Gasteiger partial charge in [0.2, 0.25) is 5.91 Å². The summed E-state index contributed by atoms with van der Waals surface area (Å²) in [4.78, 5) is 16.4. The second kappa shape index (κ2) is 6.01. The second-order valence-corrected chi connectivity index (χ2v) is 6.02. The molecule has 118 valence electrons. The van der Waals surface area contributed by atoms with E-state index in [0.29, 0.717) is 11.5 Å². The van der Waals surface area contributed by atoms with E-state index in [9.17, 15) is 4.79 Å². The maximum Gasteiger partial charge on any atom is 0.230 e. The van der Waals surface area contributed by atoms with Crippen molar-refractivity contribution in [2.45, 2.75) is 31.5 Å². The quantitative estimate of drug-likeness (QED) is 0.940. The summed E-state index contributed by atoms with van der Waals surface area (Å²) in [7, 11) is 0. The molecule has 4 rings (SSSR count). The number of nitrogens with one attached hydrogen (secondary N) is 1. The molecule has 0 aliphatic carbocycles. The Labute approximate surface area is 134 Å². The summed E-state index contributed by atoms with van der Waals surface area (Å²) in [6.45, 7) is 0. The molecule has 1 aromatic heterocycles. The minimum atomic E-state index is -0.0138. The molecule has 0 spiro atoms. The molecule has 1 aromatic carbocycles. The highest BCUT2D eigenvalue weighted by molar-refractivity contribution is 5.93. The van der Waals surface area contributed by atoms with Gasteiger partial charge in [-0.15, -0.1) is 0 Å². The van der Waals surface area contributed by atoms with Gasteiger partial charge in [0.25, 0.3) is 0 Å². The minimum Gasteiger partial charge on any atom is -0.456 e. The Morgan fingerprint density at radius 2 is 2.04 bits per heavy atom. The predicted octanol–water partition coefficient (Wildman–Crippen LogP) is 3.38. The molecule has 2 saturated heterocycles. The number of benzene rings is 1. The van der Waals surface area contributed by atoms with Crippen molar-refractivity contribution in [3.8, 4) is 11.5 Å². The molecular formula is C18H18N2O3. The largest absolute Gasteiger partial charge is 0.456 e. The van der Waals surface area contributed by atoms with Crippen molar-refractivity contribution in [3.63, 3.8) is 0 Å². The highest BCUT2D eigenvalue weighted by Crippen LogP contribution is 2.39. The van der Waals surface area contributed by atoms with Crippen LogP contribution in [0.3, 0.4) is 0 Å². The molecule has 2 aliphatic rings. The van der Waals surface area contributed by atoms with Gasteiger partial charge in [0, 0.05) is 11.9 Å². The summed E-state index contributed by atoms with van der Waals surface area (Å²) in [6, 6.07) is 11.0. The first-order valence-corrected chi connectivity index (χ1v) is 7.92. The zero-order valence-electron chi connectivity index (χ0n) is 12.6. The first-order chi connectivity index (χ1) is 11.3. The third kappa shape index (κ3) is 3.05. The summed E-state index contributed by atoms with van der Waals surface area (Å²) in [6.07, 6.45) is 6.68. The molecule has 0 saturated carbocycles. The predicted molar refractivity (Wildman–Crippen MR) is 85.4 cm³/mol. The van der Waals surface area contributed by atoms with Gasteiger partial charge in [-0.1, -0.05) is 0 Å². The smallest absolute Gasteiger partial charge is 0.230 e. The van der Waals surface area contributed by atoms with Crippen LogP contribution in [0, 0.1) is 5.92 Å². The van der Waals surface area contributed by atoms with E-state index in [1.807, 2.05) is 36.4 Å². The van der Waals surface area contributed by atoms with Gasteiger partial charge in [-0.2, -0.15) is 0 Å². The summed E-state index contributed by atoms with van der Waals surface area (Å²) in [5, 5.41) is 2.97. The van der Waals surface area contributed by atoms with E-state index in [2.05, 4.69) is 10.3 Å². The maximum atomic E-state index is 12.3.